The van der Waals surface area contributed by atoms with Crippen LogP contribution in [-0.4, -0.2) is 6.54 Å². The fraction of sp³-hybridized carbons (Fsp3) is 0.273. The van der Waals surface area contributed by atoms with Crippen molar-refractivity contribution in [1.29, 1.82) is 0 Å². The third kappa shape index (κ3) is 1.99. The molecule has 0 atom stereocenters. The molecular formula is C11H17N3. The van der Waals surface area contributed by atoms with Gasteiger partial charge < -0.3 is 16.4 Å². The van der Waals surface area contributed by atoms with Gasteiger partial charge in [-0.15, -0.1) is 0 Å². The van der Waals surface area contributed by atoms with Gasteiger partial charge in [0.1, 0.15) is 0 Å². The Bertz CT molecular complexity index is 331. The lowest BCUT2D eigenvalue weighted by atomic mass is 10.2. The number of nitrogen functional groups attached to an aromatic ring is 1. The van der Waals surface area contributed by atoms with E-state index in [9.17, 15) is 0 Å². The van der Waals surface area contributed by atoms with Crippen molar-refractivity contribution >= 4 is 11.4 Å². The van der Waals surface area contributed by atoms with Crippen LogP contribution in [0.15, 0.2) is 36.2 Å². The van der Waals surface area contributed by atoms with Crippen LogP contribution in [0.3, 0.4) is 0 Å². The first-order valence-corrected chi connectivity index (χ1v) is 4.74. The van der Waals surface area contributed by atoms with Gasteiger partial charge in [-0.25, -0.2) is 0 Å². The van der Waals surface area contributed by atoms with Crippen molar-refractivity contribution in [3.63, 3.8) is 0 Å². The fourth-order valence-electron chi connectivity index (χ4n) is 1.38. The smallest absolute Gasteiger partial charge is 0.0988 e. The summed E-state index contributed by atoms with van der Waals surface area (Å²) in [6.45, 7) is 4.77. The molecule has 0 fully saturated rings. The van der Waals surface area contributed by atoms with E-state index in [4.69, 9.17) is 11.5 Å². The van der Waals surface area contributed by atoms with E-state index in [0.29, 0.717) is 0 Å². The van der Waals surface area contributed by atoms with Gasteiger partial charge in [0.05, 0.1) is 17.2 Å². The molecule has 4 N–H and O–H groups in total. The zero-order chi connectivity index (χ0) is 10.6. The molecule has 3 nitrogen and oxygen atoms in total. The molecule has 76 valence electrons. The molecule has 1 aromatic rings. The van der Waals surface area contributed by atoms with Crippen molar-refractivity contribution in [3.05, 3.63) is 36.2 Å². The van der Waals surface area contributed by atoms with E-state index in [1.807, 2.05) is 49.1 Å². The highest BCUT2D eigenvalue weighted by Gasteiger charge is 2.08. The number of anilines is 2. The van der Waals surface area contributed by atoms with Gasteiger partial charge in [0, 0.05) is 6.54 Å². The Hall–Kier alpha value is -1.64. The molecule has 0 heterocycles. The lowest BCUT2D eigenvalue weighted by molar-refractivity contribution is 0.936. The standard InChI is InChI=1S/C11H17N3/c1-3-11(13)14(4-2)10-8-6-5-7-9(10)12/h3,5-8H,4,12-13H2,1-2H3/b11-3+. The summed E-state index contributed by atoms with van der Waals surface area (Å²) in [6, 6.07) is 7.71. The number of hydrogen-bond acceptors (Lipinski definition) is 3. The molecule has 0 saturated heterocycles. The Morgan fingerprint density at radius 3 is 2.57 bits per heavy atom. The number of para-hydroxylation sites is 2. The van der Waals surface area contributed by atoms with Crippen LogP contribution in [0, 0.1) is 0 Å². The van der Waals surface area contributed by atoms with E-state index in [1.165, 1.54) is 0 Å². The summed E-state index contributed by atoms with van der Waals surface area (Å²) >= 11 is 0. The second-order valence-corrected chi connectivity index (χ2v) is 3.02. The molecular weight excluding hydrogens is 174 g/mol. The van der Waals surface area contributed by atoms with Gasteiger partial charge in [0.2, 0.25) is 0 Å². The maximum absolute atomic E-state index is 5.87. The second-order valence-electron chi connectivity index (χ2n) is 3.02. The lowest BCUT2D eigenvalue weighted by Crippen LogP contribution is -2.27. The van der Waals surface area contributed by atoms with Gasteiger partial charge in [-0.3, -0.25) is 0 Å². The fourth-order valence-corrected chi connectivity index (χ4v) is 1.38. The van der Waals surface area contributed by atoms with E-state index < -0.39 is 0 Å². The first-order chi connectivity index (χ1) is 6.70. The summed E-state index contributed by atoms with van der Waals surface area (Å²) < 4.78 is 0. The number of benzene rings is 1. The largest absolute Gasteiger partial charge is 0.397 e. The quantitative estimate of drug-likeness (QED) is 0.718. The molecule has 1 rings (SSSR count). The summed E-state index contributed by atoms with van der Waals surface area (Å²) in [4.78, 5) is 1.98. The van der Waals surface area contributed by atoms with Gasteiger partial charge in [0.15, 0.2) is 0 Å². The SMILES string of the molecule is C/C=C(\N)N(CC)c1ccccc1N. The number of allylic oxidation sites excluding steroid dienone is 1. The van der Waals surface area contributed by atoms with Crippen LogP contribution in [0.4, 0.5) is 11.4 Å². The van der Waals surface area contributed by atoms with Crippen LogP contribution in [0.5, 0.6) is 0 Å². The van der Waals surface area contributed by atoms with Crippen LogP contribution in [-0.2, 0) is 0 Å². The number of nitrogens with two attached hydrogens (primary N) is 2. The topological polar surface area (TPSA) is 55.3 Å². The van der Waals surface area contributed by atoms with Crippen molar-refractivity contribution < 1.29 is 0 Å². The summed E-state index contributed by atoms with van der Waals surface area (Å²) in [5, 5.41) is 0. The van der Waals surface area contributed by atoms with Crippen LogP contribution in [0.1, 0.15) is 13.8 Å². The van der Waals surface area contributed by atoms with E-state index >= 15 is 0 Å². The predicted octanol–water partition coefficient (Wildman–Crippen LogP) is 1.92. The molecule has 0 unspecified atom stereocenters. The van der Waals surface area contributed by atoms with Crippen LogP contribution < -0.4 is 16.4 Å². The molecule has 0 aliphatic rings. The minimum absolute atomic E-state index is 0.727. The molecule has 3 heteroatoms. The van der Waals surface area contributed by atoms with Crippen LogP contribution >= 0.6 is 0 Å². The highest BCUT2D eigenvalue weighted by molar-refractivity contribution is 5.69. The van der Waals surface area contributed by atoms with Crippen molar-refractivity contribution in [3.8, 4) is 0 Å². The zero-order valence-corrected chi connectivity index (χ0v) is 8.70. The average Bonchev–Trinajstić information content (AvgIpc) is 2.21. The molecule has 0 aliphatic carbocycles. The second kappa shape index (κ2) is 4.56. The minimum Gasteiger partial charge on any atom is -0.397 e. The van der Waals surface area contributed by atoms with Crippen molar-refractivity contribution in [2.45, 2.75) is 13.8 Å². The zero-order valence-electron chi connectivity index (χ0n) is 8.70. The maximum atomic E-state index is 5.87. The third-order valence-electron chi connectivity index (χ3n) is 2.15. The van der Waals surface area contributed by atoms with E-state index in [2.05, 4.69) is 0 Å². The van der Waals surface area contributed by atoms with Crippen molar-refractivity contribution in [2.24, 2.45) is 5.73 Å². The van der Waals surface area contributed by atoms with E-state index in [0.717, 1.165) is 23.7 Å². The highest BCUT2D eigenvalue weighted by atomic mass is 15.2. The Kier molecular flexibility index (Phi) is 3.40. The first kappa shape index (κ1) is 10.4. The molecule has 0 bridgehead atoms. The van der Waals surface area contributed by atoms with Crippen molar-refractivity contribution in [1.82, 2.24) is 0 Å². The summed E-state index contributed by atoms with van der Waals surface area (Å²) in [7, 11) is 0. The monoisotopic (exact) mass is 191 g/mol. The summed E-state index contributed by atoms with van der Waals surface area (Å²) in [5.74, 6) is 0.727. The average molecular weight is 191 g/mol. The summed E-state index contributed by atoms with van der Waals surface area (Å²) in [6.07, 6.45) is 1.87. The number of rotatable bonds is 3. The van der Waals surface area contributed by atoms with E-state index in [-0.39, 0.29) is 0 Å². The Balaban J connectivity index is 3.07. The van der Waals surface area contributed by atoms with Crippen molar-refractivity contribution in [2.75, 3.05) is 17.2 Å². The third-order valence-corrected chi connectivity index (χ3v) is 2.15. The van der Waals surface area contributed by atoms with Gasteiger partial charge in [0.25, 0.3) is 0 Å². The molecule has 0 amide bonds. The molecule has 0 aliphatic heterocycles. The van der Waals surface area contributed by atoms with Crippen LogP contribution in [0.25, 0.3) is 0 Å². The lowest BCUT2D eigenvalue weighted by Gasteiger charge is -2.24. The van der Waals surface area contributed by atoms with Gasteiger partial charge in [-0.1, -0.05) is 12.1 Å². The van der Waals surface area contributed by atoms with Gasteiger partial charge in [-0.2, -0.15) is 0 Å². The normalized spacial score (nSPS) is 11.4. The minimum atomic E-state index is 0.727. The molecule has 0 saturated carbocycles. The molecule has 0 spiro atoms. The highest BCUT2D eigenvalue weighted by Crippen LogP contribution is 2.23. The number of nitrogens with zero attached hydrogens (tertiary/aromatic N) is 1. The van der Waals surface area contributed by atoms with Gasteiger partial charge >= 0.3 is 0 Å². The Labute approximate surface area is 85.0 Å². The predicted molar refractivity (Wildman–Crippen MR) is 61.8 cm³/mol. The molecule has 0 aromatic heterocycles. The Morgan fingerprint density at radius 2 is 2.07 bits per heavy atom. The van der Waals surface area contributed by atoms with E-state index in [1.54, 1.807) is 0 Å². The number of hydrogen-bond donors (Lipinski definition) is 2. The summed E-state index contributed by atoms with van der Waals surface area (Å²) in [5.41, 5.74) is 13.4. The Morgan fingerprint density at radius 1 is 1.43 bits per heavy atom. The molecule has 0 radical (unpaired) electrons. The molecule has 1 aromatic carbocycles. The van der Waals surface area contributed by atoms with Gasteiger partial charge in [-0.05, 0) is 32.1 Å². The molecule has 14 heavy (non-hydrogen) atoms. The van der Waals surface area contributed by atoms with Crippen LogP contribution in [0.2, 0.25) is 0 Å². The first-order valence-electron chi connectivity index (χ1n) is 4.74. The maximum Gasteiger partial charge on any atom is 0.0988 e.